The summed E-state index contributed by atoms with van der Waals surface area (Å²) in [5.41, 5.74) is 3.13. The minimum absolute atomic E-state index is 0.0961. The predicted octanol–water partition coefficient (Wildman–Crippen LogP) is 4.86. The summed E-state index contributed by atoms with van der Waals surface area (Å²) in [5.74, 6) is -0.321. The normalized spacial score (nSPS) is 15.1. The molecule has 3 rings (SSSR count). The molecule has 2 aromatic carbocycles. The van der Waals surface area contributed by atoms with Crippen LogP contribution in [-0.4, -0.2) is 30.9 Å². The van der Waals surface area contributed by atoms with E-state index in [4.69, 9.17) is 0 Å². The van der Waals surface area contributed by atoms with Crippen LogP contribution < -0.4 is 15.5 Å². The van der Waals surface area contributed by atoms with Gasteiger partial charge in [-0.25, -0.2) is 0 Å². The van der Waals surface area contributed by atoms with Gasteiger partial charge in [0.15, 0.2) is 0 Å². The van der Waals surface area contributed by atoms with Gasteiger partial charge in [0.25, 0.3) is 5.91 Å². The van der Waals surface area contributed by atoms with Gasteiger partial charge in [-0.15, -0.1) is 0 Å². The highest BCUT2D eigenvalue weighted by molar-refractivity contribution is 6.05. The summed E-state index contributed by atoms with van der Waals surface area (Å²) < 4.78 is 0. The number of anilines is 2. The topological polar surface area (TPSA) is 61.4 Å². The van der Waals surface area contributed by atoms with E-state index in [0.717, 1.165) is 43.6 Å². The van der Waals surface area contributed by atoms with Gasteiger partial charge < -0.3 is 15.5 Å². The zero-order valence-electron chi connectivity index (χ0n) is 17.9. The third-order valence-corrected chi connectivity index (χ3v) is 5.42. The van der Waals surface area contributed by atoms with Gasteiger partial charge in [0.05, 0.1) is 5.56 Å². The summed E-state index contributed by atoms with van der Waals surface area (Å²) in [5, 5.41) is 5.94. The molecule has 0 radical (unpaired) electrons. The highest BCUT2D eigenvalue weighted by atomic mass is 16.2. The molecule has 5 heteroatoms. The van der Waals surface area contributed by atoms with Crippen molar-refractivity contribution in [3.05, 3.63) is 65.7 Å². The van der Waals surface area contributed by atoms with Gasteiger partial charge >= 0.3 is 0 Å². The molecule has 2 aromatic rings. The Kier molecular flexibility index (Phi) is 7.66. The van der Waals surface area contributed by atoms with Crippen molar-refractivity contribution in [3.8, 4) is 0 Å². The number of amides is 2. The Morgan fingerprint density at radius 3 is 2.50 bits per heavy atom. The summed E-state index contributed by atoms with van der Waals surface area (Å²) in [6, 6.07) is 15.4. The number of hydrogen-bond donors (Lipinski definition) is 2. The molecular formula is C25H31N3O2. The molecule has 158 valence electrons. The molecule has 0 aliphatic carbocycles. The highest BCUT2D eigenvalue weighted by Gasteiger charge is 2.20. The SMILES string of the molecule is CCC(C)NC(=O)c1cc(NC(=O)C=Cc2ccccc2)ccc1N1CCCCC1. The average molecular weight is 406 g/mol. The molecule has 5 nitrogen and oxygen atoms in total. The van der Waals surface area contributed by atoms with Crippen molar-refractivity contribution in [1.29, 1.82) is 0 Å². The standard InChI is InChI=1S/C25H31N3O2/c1-3-19(2)26-25(30)22-18-21(13-14-23(22)28-16-8-5-9-17-28)27-24(29)15-12-20-10-6-4-7-11-20/h4,6-7,10-15,18-19H,3,5,8-9,16-17H2,1-2H3,(H,26,30)(H,27,29). The molecular weight excluding hydrogens is 374 g/mol. The van der Waals surface area contributed by atoms with Gasteiger partial charge in [-0.1, -0.05) is 37.3 Å². The maximum atomic E-state index is 13.0. The molecule has 0 aromatic heterocycles. The minimum atomic E-state index is -0.224. The fourth-order valence-electron chi connectivity index (χ4n) is 3.53. The third kappa shape index (κ3) is 5.96. The fraction of sp³-hybridized carbons (Fsp3) is 0.360. The second-order valence-corrected chi connectivity index (χ2v) is 7.80. The van der Waals surface area contributed by atoms with Crippen LogP contribution >= 0.6 is 0 Å². The highest BCUT2D eigenvalue weighted by Crippen LogP contribution is 2.27. The first-order valence-corrected chi connectivity index (χ1v) is 10.8. The first-order valence-electron chi connectivity index (χ1n) is 10.8. The Morgan fingerprint density at radius 1 is 1.07 bits per heavy atom. The summed E-state index contributed by atoms with van der Waals surface area (Å²) in [4.78, 5) is 27.6. The van der Waals surface area contributed by atoms with Crippen LogP contribution in [0.1, 0.15) is 55.5 Å². The van der Waals surface area contributed by atoms with Crippen molar-refractivity contribution in [2.45, 2.75) is 45.6 Å². The Morgan fingerprint density at radius 2 is 1.80 bits per heavy atom. The van der Waals surface area contributed by atoms with E-state index in [1.54, 1.807) is 12.1 Å². The Labute approximate surface area is 179 Å². The maximum absolute atomic E-state index is 13.0. The molecule has 1 unspecified atom stereocenters. The van der Waals surface area contributed by atoms with Crippen molar-refractivity contribution in [2.75, 3.05) is 23.3 Å². The van der Waals surface area contributed by atoms with E-state index in [1.807, 2.05) is 56.3 Å². The van der Waals surface area contributed by atoms with Crippen molar-refractivity contribution < 1.29 is 9.59 Å². The molecule has 2 amide bonds. The van der Waals surface area contributed by atoms with Gasteiger partial charge in [-0.05, 0) is 62.4 Å². The van der Waals surface area contributed by atoms with Crippen molar-refractivity contribution in [1.82, 2.24) is 5.32 Å². The molecule has 0 spiro atoms. The van der Waals surface area contributed by atoms with E-state index in [2.05, 4.69) is 15.5 Å². The van der Waals surface area contributed by atoms with Crippen molar-refractivity contribution in [2.24, 2.45) is 0 Å². The van der Waals surface area contributed by atoms with Gasteiger partial charge in [0.1, 0.15) is 0 Å². The molecule has 1 atom stereocenters. The van der Waals surface area contributed by atoms with Crippen LogP contribution in [0.3, 0.4) is 0 Å². The maximum Gasteiger partial charge on any atom is 0.253 e. The number of rotatable bonds is 7. The first-order chi connectivity index (χ1) is 14.6. The number of carbonyl (C=O) groups excluding carboxylic acids is 2. The lowest BCUT2D eigenvalue weighted by Crippen LogP contribution is -2.35. The number of hydrogen-bond acceptors (Lipinski definition) is 3. The van der Waals surface area contributed by atoms with Crippen LogP contribution in [0.4, 0.5) is 11.4 Å². The largest absolute Gasteiger partial charge is 0.371 e. The first kappa shape index (κ1) is 21.6. The van der Waals surface area contributed by atoms with Crippen molar-refractivity contribution >= 4 is 29.3 Å². The number of benzene rings is 2. The van der Waals surface area contributed by atoms with Crippen LogP contribution in [0.15, 0.2) is 54.6 Å². The second kappa shape index (κ2) is 10.6. The van der Waals surface area contributed by atoms with E-state index in [0.29, 0.717) is 11.3 Å². The average Bonchev–Trinajstić information content (AvgIpc) is 2.78. The van der Waals surface area contributed by atoms with Crippen LogP contribution in [0.25, 0.3) is 6.08 Å². The zero-order chi connectivity index (χ0) is 21.3. The zero-order valence-corrected chi connectivity index (χ0v) is 17.9. The summed E-state index contributed by atoms with van der Waals surface area (Å²) >= 11 is 0. The molecule has 1 heterocycles. The summed E-state index contributed by atoms with van der Waals surface area (Å²) in [7, 11) is 0. The third-order valence-electron chi connectivity index (χ3n) is 5.42. The monoisotopic (exact) mass is 405 g/mol. The Bertz CT molecular complexity index is 887. The second-order valence-electron chi connectivity index (χ2n) is 7.80. The van der Waals surface area contributed by atoms with E-state index in [1.165, 1.54) is 12.5 Å². The molecule has 1 aliphatic heterocycles. The minimum Gasteiger partial charge on any atom is -0.371 e. The van der Waals surface area contributed by atoms with Crippen LogP contribution in [0.5, 0.6) is 0 Å². The van der Waals surface area contributed by atoms with Gasteiger partial charge in [-0.3, -0.25) is 9.59 Å². The summed E-state index contributed by atoms with van der Waals surface area (Å²) in [6.07, 6.45) is 7.64. The lowest BCUT2D eigenvalue weighted by Gasteiger charge is -2.30. The molecule has 30 heavy (non-hydrogen) atoms. The molecule has 1 saturated heterocycles. The Balaban J connectivity index is 1.79. The van der Waals surface area contributed by atoms with E-state index in [9.17, 15) is 9.59 Å². The molecule has 1 fully saturated rings. The quantitative estimate of drug-likeness (QED) is 0.647. The van der Waals surface area contributed by atoms with E-state index < -0.39 is 0 Å². The number of carbonyl (C=O) groups is 2. The summed E-state index contributed by atoms with van der Waals surface area (Å²) in [6.45, 7) is 5.95. The predicted molar refractivity (Wildman–Crippen MR) is 124 cm³/mol. The van der Waals surface area contributed by atoms with Gasteiger partial charge in [-0.2, -0.15) is 0 Å². The van der Waals surface area contributed by atoms with Gasteiger partial charge in [0, 0.05) is 36.6 Å². The molecule has 0 bridgehead atoms. The smallest absolute Gasteiger partial charge is 0.253 e. The molecule has 0 saturated carbocycles. The van der Waals surface area contributed by atoms with E-state index >= 15 is 0 Å². The van der Waals surface area contributed by atoms with Crippen LogP contribution in [0.2, 0.25) is 0 Å². The number of nitrogens with one attached hydrogen (secondary N) is 2. The van der Waals surface area contributed by atoms with Crippen molar-refractivity contribution in [3.63, 3.8) is 0 Å². The Hall–Kier alpha value is -3.08. The fourth-order valence-corrected chi connectivity index (χ4v) is 3.53. The van der Waals surface area contributed by atoms with Gasteiger partial charge in [0.2, 0.25) is 5.91 Å². The molecule has 2 N–H and O–H groups in total. The lowest BCUT2D eigenvalue weighted by atomic mass is 10.1. The number of nitrogens with zero attached hydrogens (tertiary/aromatic N) is 1. The molecule has 1 aliphatic rings. The van der Waals surface area contributed by atoms with Crippen LogP contribution in [0, 0.1) is 0 Å². The van der Waals surface area contributed by atoms with E-state index in [-0.39, 0.29) is 17.9 Å². The lowest BCUT2D eigenvalue weighted by molar-refractivity contribution is -0.111. The number of piperidine rings is 1. The van der Waals surface area contributed by atoms with Crippen LogP contribution in [-0.2, 0) is 4.79 Å².